The molecule has 1 aromatic heterocycles. The van der Waals surface area contributed by atoms with Crippen LogP contribution in [0.15, 0.2) is 48.5 Å². The summed E-state index contributed by atoms with van der Waals surface area (Å²) in [7, 11) is 0. The minimum atomic E-state index is -0.188. The number of aromatic amines is 1. The van der Waals surface area contributed by atoms with E-state index in [1.54, 1.807) is 36.0 Å². The molecule has 26 heavy (non-hydrogen) atoms. The molecule has 7 heteroatoms. The van der Waals surface area contributed by atoms with Crippen LogP contribution >= 0.6 is 23.4 Å². The predicted octanol–water partition coefficient (Wildman–Crippen LogP) is 4.21. The highest BCUT2D eigenvalue weighted by Gasteiger charge is 2.18. The molecule has 2 aromatic carbocycles. The van der Waals surface area contributed by atoms with E-state index in [-0.39, 0.29) is 18.6 Å². The molecule has 0 saturated carbocycles. The number of nitrogens with one attached hydrogen (secondary N) is 2. The fraction of sp³-hybridized carbons (Fsp3) is 0.263. The summed E-state index contributed by atoms with van der Waals surface area (Å²) >= 11 is 7.58. The van der Waals surface area contributed by atoms with Crippen LogP contribution in [-0.2, 0) is 4.79 Å². The van der Waals surface area contributed by atoms with Gasteiger partial charge in [-0.1, -0.05) is 23.7 Å². The number of ether oxygens (including phenoxy) is 1. The van der Waals surface area contributed by atoms with Gasteiger partial charge < -0.3 is 15.0 Å². The molecule has 1 amide bonds. The van der Waals surface area contributed by atoms with Crippen molar-refractivity contribution < 1.29 is 9.53 Å². The van der Waals surface area contributed by atoms with Crippen LogP contribution in [0.2, 0.25) is 5.02 Å². The van der Waals surface area contributed by atoms with Crippen molar-refractivity contribution in [2.45, 2.75) is 12.5 Å². The van der Waals surface area contributed by atoms with E-state index in [2.05, 4.69) is 15.3 Å². The van der Waals surface area contributed by atoms with E-state index in [9.17, 15) is 4.79 Å². The van der Waals surface area contributed by atoms with Gasteiger partial charge in [-0.3, -0.25) is 4.79 Å². The number of hydrogen-bond donors (Lipinski definition) is 2. The number of imidazole rings is 1. The molecule has 0 bridgehead atoms. The molecule has 0 aliphatic heterocycles. The first kappa shape index (κ1) is 18.6. The molecule has 0 fully saturated rings. The number of aromatic nitrogens is 2. The highest BCUT2D eigenvalue weighted by Crippen LogP contribution is 2.20. The Kier molecular flexibility index (Phi) is 6.41. The topological polar surface area (TPSA) is 67.0 Å². The van der Waals surface area contributed by atoms with E-state index in [0.717, 1.165) is 29.0 Å². The Hall–Kier alpha value is -2.18. The van der Waals surface area contributed by atoms with Crippen molar-refractivity contribution >= 4 is 40.3 Å². The Morgan fingerprint density at radius 3 is 2.77 bits per heavy atom. The van der Waals surface area contributed by atoms with Crippen LogP contribution in [0.1, 0.15) is 18.3 Å². The maximum absolute atomic E-state index is 12.3. The van der Waals surface area contributed by atoms with Crippen LogP contribution < -0.4 is 10.1 Å². The molecule has 0 radical (unpaired) electrons. The molecule has 0 unspecified atom stereocenters. The zero-order chi connectivity index (χ0) is 18.4. The summed E-state index contributed by atoms with van der Waals surface area (Å²) in [6.45, 7) is -0.0579. The minimum absolute atomic E-state index is 0.0579. The predicted molar refractivity (Wildman–Crippen MR) is 107 cm³/mol. The molecule has 5 nitrogen and oxygen atoms in total. The van der Waals surface area contributed by atoms with Crippen molar-refractivity contribution in [1.82, 2.24) is 15.3 Å². The molecule has 0 spiro atoms. The summed E-state index contributed by atoms with van der Waals surface area (Å²) in [5, 5.41) is 3.64. The van der Waals surface area contributed by atoms with Crippen LogP contribution in [0.4, 0.5) is 0 Å². The number of nitrogens with zero attached hydrogens (tertiary/aromatic N) is 1. The number of thioether (sulfide) groups is 1. The number of H-pyrrole nitrogens is 1. The maximum atomic E-state index is 12.3. The first-order chi connectivity index (χ1) is 12.7. The van der Waals surface area contributed by atoms with Gasteiger partial charge in [-0.15, -0.1) is 0 Å². The first-order valence-electron chi connectivity index (χ1n) is 8.27. The summed E-state index contributed by atoms with van der Waals surface area (Å²) in [4.78, 5) is 20.2. The molecule has 1 heterocycles. The first-order valence-corrected chi connectivity index (χ1v) is 10.0. The summed E-state index contributed by atoms with van der Waals surface area (Å²) in [6, 6.07) is 14.6. The van der Waals surface area contributed by atoms with Gasteiger partial charge in [0.15, 0.2) is 6.61 Å². The van der Waals surface area contributed by atoms with E-state index in [1.807, 2.05) is 30.5 Å². The Bertz CT molecular complexity index is 834. The van der Waals surface area contributed by atoms with E-state index in [1.165, 1.54) is 0 Å². The smallest absolute Gasteiger partial charge is 0.258 e. The molecule has 1 atom stereocenters. The molecule has 0 aliphatic carbocycles. The van der Waals surface area contributed by atoms with Gasteiger partial charge in [-0.05, 0) is 54.8 Å². The maximum Gasteiger partial charge on any atom is 0.258 e. The van der Waals surface area contributed by atoms with Gasteiger partial charge in [0.2, 0.25) is 0 Å². The average Bonchev–Trinajstić information content (AvgIpc) is 3.08. The van der Waals surface area contributed by atoms with E-state index < -0.39 is 0 Å². The third-order valence-corrected chi connectivity index (χ3v) is 4.76. The minimum Gasteiger partial charge on any atom is -0.484 e. The summed E-state index contributed by atoms with van der Waals surface area (Å²) in [5.41, 5.74) is 1.85. The summed E-state index contributed by atoms with van der Waals surface area (Å²) in [5.74, 6) is 2.10. The molecule has 0 aliphatic rings. The SMILES string of the molecule is CSCC[C@H](NC(=O)COc1ccc(Cl)cc1)c1nc2ccccc2[nH]1. The second kappa shape index (κ2) is 8.96. The van der Waals surface area contributed by atoms with Gasteiger partial charge in [-0.25, -0.2) is 4.98 Å². The van der Waals surface area contributed by atoms with Gasteiger partial charge in [0.05, 0.1) is 17.1 Å². The monoisotopic (exact) mass is 389 g/mol. The molecule has 3 aromatic rings. The molecule has 2 N–H and O–H groups in total. The third kappa shape index (κ3) is 4.93. The lowest BCUT2D eigenvalue weighted by Crippen LogP contribution is -2.33. The van der Waals surface area contributed by atoms with E-state index in [4.69, 9.17) is 16.3 Å². The third-order valence-electron chi connectivity index (χ3n) is 3.87. The number of amides is 1. The summed E-state index contributed by atoms with van der Waals surface area (Å²) in [6.07, 6.45) is 2.83. The molecule has 136 valence electrons. The van der Waals surface area contributed by atoms with E-state index >= 15 is 0 Å². The van der Waals surface area contributed by atoms with Gasteiger partial charge in [0, 0.05) is 5.02 Å². The largest absolute Gasteiger partial charge is 0.484 e. The number of carbonyl (C=O) groups excluding carboxylic acids is 1. The van der Waals surface area contributed by atoms with Crippen molar-refractivity contribution in [3.8, 4) is 5.75 Å². The standard InChI is InChI=1S/C19H20ClN3O2S/c1-26-11-10-17(19-22-15-4-2-3-5-16(15)23-19)21-18(24)12-25-14-8-6-13(20)7-9-14/h2-9,17H,10-12H2,1H3,(H,21,24)(H,22,23)/t17-/m0/s1. The number of hydrogen-bond acceptors (Lipinski definition) is 4. The van der Waals surface area contributed by atoms with Crippen molar-refractivity contribution in [3.05, 3.63) is 59.4 Å². The summed E-state index contributed by atoms with van der Waals surface area (Å²) < 4.78 is 5.52. The van der Waals surface area contributed by atoms with Gasteiger partial charge in [0.25, 0.3) is 5.91 Å². The number of halogens is 1. The number of carbonyl (C=O) groups is 1. The van der Waals surface area contributed by atoms with Gasteiger partial charge in [-0.2, -0.15) is 11.8 Å². The van der Waals surface area contributed by atoms with E-state index in [0.29, 0.717) is 10.8 Å². The van der Waals surface area contributed by atoms with Crippen LogP contribution in [-0.4, -0.2) is 34.5 Å². The van der Waals surface area contributed by atoms with Crippen LogP contribution in [0.3, 0.4) is 0 Å². The van der Waals surface area contributed by atoms with Crippen molar-refractivity contribution in [2.24, 2.45) is 0 Å². The highest BCUT2D eigenvalue weighted by molar-refractivity contribution is 7.98. The fourth-order valence-corrected chi connectivity index (χ4v) is 3.16. The Morgan fingerprint density at radius 1 is 1.27 bits per heavy atom. The fourth-order valence-electron chi connectivity index (χ4n) is 2.57. The van der Waals surface area contributed by atoms with Crippen LogP contribution in [0.5, 0.6) is 5.75 Å². The number of benzene rings is 2. The highest BCUT2D eigenvalue weighted by atomic mass is 35.5. The second-order valence-corrected chi connectivity index (χ2v) is 7.21. The lowest BCUT2D eigenvalue weighted by Gasteiger charge is -2.16. The average molecular weight is 390 g/mol. The van der Waals surface area contributed by atoms with Crippen LogP contribution in [0.25, 0.3) is 11.0 Å². The molecule has 3 rings (SSSR count). The second-order valence-electron chi connectivity index (χ2n) is 5.78. The number of rotatable bonds is 8. The molecule has 0 saturated heterocycles. The number of fused-ring (bicyclic) bond motifs is 1. The van der Waals surface area contributed by atoms with Crippen LogP contribution in [0, 0.1) is 0 Å². The number of para-hydroxylation sites is 2. The zero-order valence-corrected chi connectivity index (χ0v) is 15.9. The van der Waals surface area contributed by atoms with Crippen molar-refractivity contribution in [2.75, 3.05) is 18.6 Å². The molecular formula is C19H20ClN3O2S. The quantitative estimate of drug-likeness (QED) is 0.605. The molecular weight excluding hydrogens is 370 g/mol. The van der Waals surface area contributed by atoms with Crippen molar-refractivity contribution in [1.29, 1.82) is 0 Å². The normalized spacial score (nSPS) is 12.1. The van der Waals surface area contributed by atoms with Gasteiger partial charge >= 0.3 is 0 Å². The van der Waals surface area contributed by atoms with Crippen molar-refractivity contribution in [3.63, 3.8) is 0 Å². The lowest BCUT2D eigenvalue weighted by molar-refractivity contribution is -0.123. The zero-order valence-electron chi connectivity index (χ0n) is 14.4. The lowest BCUT2D eigenvalue weighted by atomic mass is 10.2. The van der Waals surface area contributed by atoms with Gasteiger partial charge in [0.1, 0.15) is 11.6 Å². The Balaban J connectivity index is 1.65. The Labute approximate surface area is 161 Å². The Morgan fingerprint density at radius 2 is 2.04 bits per heavy atom.